The van der Waals surface area contributed by atoms with Crippen molar-refractivity contribution in [2.75, 3.05) is 4.72 Å². The zero-order valence-electron chi connectivity index (χ0n) is 12.0. The molecule has 2 aromatic rings. The molecule has 0 aliphatic carbocycles. The lowest BCUT2D eigenvalue weighted by Gasteiger charge is -2.10. The van der Waals surface area contributed by atoms with Gasteiger partial charge in [0.2, 0.25) is 0 Å². The summed E-state index contributed by atoms with van der Waals surface area (Å²) in [7, 11) is -3.68. The Morgan fingerprint density at radius 2 is 1.57 bits per heavy atom. The lowest BCUT2D eigenvalue weighted by Crippen LogP contribution is -2.12. The number of sulfonamides is 1. The molecular formula is C16H18FNO2S. The first kappa shape index (κ1) is 15.5. The van der Waals surface area contributed by atoms with Gasteiger partial charge in [-0.15, -0.1) is 0 Å². The first-order valence-electron chi connectivity index (χ1n) is 6.74. The van der Waals surface area contributed by atoms with Crippen LogP contribution in [0.1, 0.15) is 19.4 Å². The van der Waals surface area contributed by atoms with Gasteiger partial charge in [-0.1, -0.05) is 26.0 Å². The summed E-state index contributed by atoms with van der Waals surface area (Å²) in [6, 6.07) is 12.0. The van der Waals surface area contributed by atoms with Crippen LogP contribution in [0.5, 0.6) is 0 Å². The smallest absolute Gasteiger partial charge is 0.261 e. The zero-order chi connectivity index (χ0) is 15.5. The molecule has 0 bridgehead atoms. The van der Waals surface area contributed by atoms with Gasteiger partial charge in [0, 0.05) is 5.69 Å². The second-order valence-corrected chi connectivity index (χ2v) is 7.04. The number of anilines is 1. The van der Waals surface area contributed by atoms with E-state index in [1.54, 1.807) is 12.1 Å². The van der Waals surface area contributed by atoms with E-state index >= 15 is 0 Å². The first-order chi connectivity index (χ1) is 9.87. The predicted molar refractivity (Wildman–Crippen MR) is 82.2 cm³/mol. The lowest BCUT2D eigenvalue weighted by molar-refractivity contribution is 0.599. The summed E-state index contributed by atoms with van der Waals surface area (Å²) in [6.45, 7) is 4.26. The van der Waals surface area contributed by atoms with Crippen LogP contribution in [-0.2, 0) is 16.4 Å². The van der Waals surface area contributed by atoms with Gasteiger partial charge in [0.15, 0.2) is 0 Å². The molecule has 1 N–H and O–H groups in total. The third kappa shape index (κ3) is 4.29. The van der Waals surface area contributed by atoms with E-state index in [1.165, 1.54) is 12.1 Å². The fourth-order valence-corrected chi connectivity index (χ4v) is 3.07. The summed E-state index contributed by atoms with van der Waals surface area (Å²) in [6.07, 6.45) is 0.949. The third-order valence-corrected chi connectivity index (χ3v) is 4.37. The van der Waals surface area contributed by atoms with E-state index in [2.05, 4.69) is 18.6 Å². The summed E-state index contributed by atoms with van der Waals surface area (Å²) in [5, 5.41) is 0. The SMILES string of the molecule is CC(C)Cc1ccc(NS(=O)(=O)c2ccc(F)cc2)cc1. The Labute approximate surface area is 124 Å². The zero-order valence-corrected chi connectivity index (χ0v) is 12.8. The quantitative estimate of drug-likeness (QED) is 0.912. The fraction of sp³-hybridized carbons (Fsp3) is 0.250. The fourth-order valence-electron chi connectivity index (χ4n) is 2.01. The van der Waals surface area contributed by atoms with Crippen LogP contribution in [0.25, 0.3) is 0 Å². The van der Waals surface area contributed by atoms with Gasteiger partial charge >= 0.3 is 0 Å². The average molecular weight is 307 g/mol. The molecule has 112 valence electrons. The number of hydrogen-bond acceptors (Lipinski definition) is 2. The lowest BCUT2D eigenvalue weighted by atomic mass is 10.0. The molecule has 3 nitrogen and oxygen atoms in total. The van der Waals surface area contributed by atoms with Crippen molar-refractivity contribution in [3.63, 3.8) is 0 Å². The monoisotopic (exact) mass is 307 g/mol. The molecule has 0 fully saturated rings. The Morgan fingerprint density at radius 1 is 1.00 bits per heavy atom. The van der Waals surface area contributed by atoms with E-state index in [0.29, 0.717) is 11.6 Å². The Bertz CT molecular complexity index is 692. The van der Waals surface area contributed by atoms with Crippen LogP contribution < -0.4 is 4.72 Å². The molecule has 0 saturated heterocycles. The maximum atomic E-state index is 12.8. The summed E-state index contributed by atoms with van der Waals surface area (Å²) in [5.41, 5.74) is 1.65. The van der Waals surface area contributed by atoms with Crippen molar-refractivity contribution in [2.24, 2.45) is 5.92 Å². The van der Waals surface area contributed by atoms with Crippen molar-refractivity contribution >= 4 is 15.7 Å². The molecule has 0 aliphatic rings. The summed E-state index contributed by atoms with van der Waals surface area (Å²) >= 11 is 0. The molecule has 0 atom stereocenters. The minimum Gasteiger partial charge on any atom is -0.280 e. The van der Waals surface area contributed by atoms with Crippen LogP contribution in [0.2, 0.25) is 0 Å². The number of benzene rings is 2. The van der Waals surface area contributed by atoms with Crippen molar-refractivity contribution in [1.29, 1.82) is 0 Å². The van der Waals surface area contributed by atoms with E-state index in [4.69, 9.17) is 0 Å². The van der Waals surface area contributed by atoms with Gasteiger partial charge in [-0.2, -0.15) is 0 Å². The van der Waals surface area contributed by atoms with Crippen molar-refractivity contribution in [3.8, 4) is 0 Å². The molecule has 0 aromatic heterocycles. The standard InChI is InChI=1S/C16H18FNO2S/c1-12(2)11-13-3-7-15(8-4-13)18-21(19,20)16-9-5-14(17)6-10-16/h3-10,12,18H,11H2,1-2H3. The predicted octanol–water partition coefficient (Wildman–Crippen LogP) is 3.83. The molecule has 0 amide bonds. The van der Waals surface area contributed by atoms with Crippen molar-refractivity contribution in [3.05, 3.63) is 59.9 Å². The van der Waals surface area contributed by atoms with Crippen molar-refractivity contribution in [2.45, 2.75) is 25.2 Å². The van der Waals surface area contributed by atoms with Gasteiger partial charge in [-0.05, 0) is 54.3 Å². The van der Waals surface area contributed by atoms with E-state index < -0.39 is 15.8 Å². The Kier molecular flexibility index (Phi) is 4.63. The van der Waals surface area contributed by atoms with E-state index in [0.717, 1.165) is 24.1 Å². The van der Waals surface area contributed by atoms with E-state index in [-0.39, 0.29) is 4.90 Å². The summed E-state index contributed by atoms with van der Waals surface area (Å²) < 4.78 is 39.6. The van der Waals surface area contributed by atoms with Crippen molar-refractivity contribution < 1.29 is 12.8 Å². The van der Waals surface area contributed by atoms with Gasteiger partial charge in [0.1, 0.15) is 5.82 Å². The van der Waals surface area contributed by atoms with Gasteiger partial charge < -0.3 is 0 Å². The topological polar surface area (TPSA) is 46.2 Å². The Morgan fingerprint density at radius 3 is 2.10 bits per heavy atom. The van der Waals surface area contributed by atoms with Crippen LogP contribution in [0.4, 0.5) is 10.1 Å². The van der Waals surface area contributed by atoms with Crippen LogP contribution >= 0.6 is 0 Å². The number of hydrogen-bond donors (Lipinski definition) is 1. The average Bonchev–Trinajstić information content (AvgIpc) is 2.40. The molecule has 0 heterocycles. The second-order valence-electron chi connectivity index (χ2n) is 5.35. The van der Waals surface area contributed by atoms with Crippen LogP contribution in [0.15, 0.2) is 53.4 Å². The summed E-state index contributed by atoms with van der Waals surface area (Å²) in [4.78, 5) is 0.0372. The minimum atomic E-state index is -3.68. The normalized spacial score (nSPS) is 11.6. The maximum Gasteiger partial charge on any atom is 0.261 e. The van der Waals surface area contributed by atoms with Crippen LogP contribution in [-0.4, -0.2) is 8.42 Å². The van der Waals surface area contributed by atoms with Gasteiger partial charge in [0.05, 0.1) is 4.90 Å². The van der Waals surface area contributed by atoms with Gasteiger partial charge in [-0.3, -0.25) is 4.72 Å². The molecule has 5 heteroatoms. The number of rotatable bonds is 5. The molecule has 0 spiro atoms. The molecular weight excluding hydrogens is 289 g/mol. The Hall–Kier alpha value is -1.88. The maximum absolute atomic E-state index is 12.8. The van der Waals surface area contributed by atoms with E-state index in [1.807, 2.05) is 12.1 Å². The highest BCUT2D eigenvalue weighted by Gasteiger charge is 2.14. The third-order valence-electron chi connectivity index (χ3n) is 2.97. The molecule has 0 aliphatic heterocycles. The van der Waals surface area contributed by atoms with Crippen LogP contribution in [0, 0.1) is 11.7 Å². The second kappa shape index (κ2) is 6.26. The molecule has 2 rings (SSSR count). The minimum absolute atomic E-state index is 0.0372. The highest BCUT2D eigenvalue weighted by molar-refractivity contribution is 7.92. The molecule has 0 radical (unpaired) electrons. The number of nitrogens with one attached hydrogen (secondary N) is 1. The Balaban J connectivity index is 2.15. The molecule has 21 heavy (non-hydrogen) atoms. The van der Waals surface area contributed by atoms with E-state index in [9.17, 15) is 12.8 Å². The largest absolute Gasteiger partial charge is 0.280 e. The van der Waals surface area contributed by atoms with Crippen LogP contribution in [0.3, 0.4) is 0 Å². The number of halogens is 1. The summed E-state index contributed by atoms with van der Waals surface area (Å²) in [5.74, 6) is 0.0822. The highest BCUT2D eigenvalue weighted by Crippen LogP contribution is 2.18. The van der Waals surface area contributed by atoms with Gasteiger partial charge in [-0.25, -0.2) is 12.8 Å². The highest BCUT2D eigenvalue weighted by atomic mass is 32.2. The van der Waals surface area contributed by atoms with Gasteiger partial charge in [0.25, 0.3) is 10.0 Å². The molecule has 0 saturated carbocycles. The first-order valence-corrected chi connectivity index (χ1v) is 8.22. The van der Waals surface area contributed by atoms with Crippen molar-refractivity contribution in [1.82, 2.24) is 0 Å². The molecule has 2 aromatic carbocycles. The molecule has 0 unspecified atom stereocenters.